The number of rotatable bonds is 4. The number of nitrogens with one attached hydrogen (secondary N) is 1. The number of pyridine rings is 1. The number of aromatic nitrogens is 2. The van der Waals surface area contributed by atoms with Crippen molar-refractivity contribution in [3.05, 3.63) is 40.0 Å². The second kappa shape index (κ2) is 5.59. The van der Waals surface area contributed by atoms with E-state index in [2.05, 4.69) is 15.3 Å². The Morgan fingerprint density at radius 3 is 3.06 bits per heavy atom. The first-order valence-corrected chi connectivity index (χ1v) is 6.44. The van der Waals surface area contributed by atoms with Gasteiger partial charge < -0.3 is 11.1 Å². The number of carbonyl (C=O) groups is 1. The summed E-state index contributed by atoms with van der Waals surface area (Å²) < 4.78 is 0. The van der Waals surface area contributed by atoms with Gasteiger partial charge in [-0.15, -0.1) is 11.3 Å². The van der Waals surface area contributed by atoms with Gasteiger partial charge in [-0.3, -0.25) is 4.79 Å². The van der Waals surface area contributed by atoms with Crippen molar-refractivity contribution in [3.8, 4) is 0 Å². The molecule has 2 heterocycles. The first-order chi connectivity index (χ1) is 8.65. The highest BCUT2D eigenvalue weighted by atomic mass is 32.1. The van der Waals surface area contributed by atoms with E-state index in [9.17, 15) is 4.79 Å². The Balaban J connectivity index is 1.85. The largest absolute Gasteiger partial charge is 0.384 e. The van der Waals surface area contributed by atoms with E-state index in [0.717, 1.165) is 17.1 Å². The summed E-state index contributed by atoms with van der Waals surface area (Å²) in [4.78, 5) is 20.0. The second-order valence-corrected chi connectivity index (χ2v) is 4.80. The van der Waals surface area contributed by atoms with Gasteiger partial charge >= 0.3 is 0 Å². The van der Waals surface area contributed by atoms with Gasteiger partial charge in [0.25, 0.3) is 5.91 Å². The fourth-order valence-electron chi connectivity index (χ4n) is 1.49. The van der Waals surface area contributed by atoms with Crippen LogP contribution in [0, 0.1) is 6.92 Å². The summed E-state index contributed by atoms with van der Waals surface area (Å²) in [5.74, 6) is 0.204. The van der Waals surface area contributed by atoms with Crippen LogP contribution in [-0.2, 0) is 6.42 Å². The molecule has 94 valence electrons. The molecular weight excluding hydrogens is 248 g/mol. The Morgan fingerprint density at radius 2 is 2.39 bits per heavy atom. The number of nitrogens with two attached hydrogens (primary N) is 1. The molecule has 0 aliphatic carbocycles. The molecule has 3 N–H and O–H groups in total. The van der Waals surface area contributed by atoms with Gasteiger partial charge in [-0.1, -0.05) is 0 Å². The van der Waals surface area contributed by atoms with Gasteiger partial charge in [0, 0.05) is 35.8 Å². The average Bonchev–Trinajstić information content (AvgIpc) is 2.75. The summed E-state index contributed by atoms with van der Waals surface area (Å²) in [5, 5.41) is 5.86. The highest BCUT2D eigenvalue weighted by Gasteiger charge is 2.06. The molecule has 2 aromatic heterocycles. The van der Waals surface area contributed by atoms with E-state index in [-0.39, 0.29) is 5.91 Å². The molecule has 0 fully saturated rings. The van der Waals surface area contributed by atoms with Crippen LogP contribution in [-0.4, -0.2) is 22.4 Å². The molecule has 0 saturated heterocycles. The fourth-order valence-corrected chi connectivity index (χ4v) is 2.27. The zero-order valence-corrected chi connectivity index (χ0v) is 10.8. The fraction of sp³-hybridized carbons (Fsp3) is 0.250. The molecule has 0 aromatic carbocycles. The smallest absolute Gasteiger partial charge is 0.251 e. The van der Waals surface area contributed by atoms with E-state index in [1.54, 1.807) is 23.5 Å². The molecule has 1 amide bonds. The maximum atomic E-state index is 11.8. The first kappa shape index (κ1) is 12.5. The lowest BCUT2D eigenvalue weighted by atomic mass is 10.2. The molecule has 0 saturated carbocycles. The van der Waals surface area contributed by atoms with Crippen LogP contribution in [0.3, 0.4) is 0 Å². The summed E-state index contributed by atoms with van der Waals surface area (Å²) in [6, 6.07) is 3.20. The SMILES string of the molecule is Cc1csc(CCNC(=O)c2ccnc(N)c2)n1. The number of hydrogen-bond donors (Lipinski definition) is 2. The van der Waals surface area contributed by atoms with E-state index in [4.69, 9.17) is 5.73 Å². The van der Waals surface area contributed by atoms with Crippen molar-refractivity contribution in [2.45, 2.75) is 13.3 Å². The van der Waals surface area contributed by atoms with Crippen molar-refractivity contribution < 1.29 is 4.79 Å². The molecular formula is C12H14N4OS. The Morgan fingerprint density at radius 1 is 1.56 bits per heavy atom. The van der Waals surface area contributed by atoms with Crippen LogP contribution >= 0.6 is 11.3 Å². The molecule has 0 spiro atoms. The summed E-state index contributed by atoms with van der Waals surface area (Å²) in [6.07, 6.45) is 2.26. The topological polar surface area (TPSA) is 80.9 Å². The van der Waals surface area contributed by atoms with Crippen molar-refractivity contribution in [3.63, 3.8) is 0 Å². The van der Waals surface area contributed by atoms with Gasteiger partial charge in [-0.2, -0.15) is 0 Å². The number of hydrogen-bond acceptors (Lipinski definition) is 5. The molecule has 2 aromatic rings. The third kappa shape index (κ3) is 3.27. The molecule has 5 nitrogen and oxygen atoms in total. The lowest BCUT2D eigenvalue weighted by Crippen LogP contribution is -2.25. The number of nitrogen functional groups attached to an aromatic ring is 1. The minimum atomic E-state index is -0.141. The zero-order chi connectivity index (χ0) is 13.0. The van der Waals surface area contributed by atoms with Gasteiger partial charge in [0.1, 0.15) is 5.82 Å². The summed E-state index contributed by atoms with van der Waals surface area (Å²) in [5.41, 5.74) is 7.06. The molecule has 0 aliphatic rings. The second-order valence-electron chi connectivity index (χ2n) is 3.86. The lowest BCUT2D eigenvalue weighted by Gasteiger charge is -2.04. The van der Waals surface area contributed by atoms with Gasteiger partial charge in [-0.05, 0) is 19.1 Å². The van der Waals surface area contributed by atoms with Crippen LogP contribution in [0.1, 0.15) is 21.1 Å². The van der Waals surface area contributed by atoms with Crippen LogP contribution in [0.4, 0.5) is 5.82 Å². The van der Waals surface area contributed by atoms with E-state index in [1.165, 1.54) is 6.20 Å². The van der Waals surface area contributed by atoms with Crippen LogP contribution in [0.2, 0.25) is 0 Å². The molecule has 0 bridgehead atoms. The summed E-state index contributed by atoms with van der Waals surface area (Å²) in [6.45, 7) is 2.52. The number of nitrogens with zero attached hydrogens (tertiary/aromatic N) is 2. The monoisotopic (exact) mass is 262 g/mol. The summed E-state index contributed by atoms with van der Waals surface area (Å²) in [7, 11) is 0. The van der Waals surface area contributed by atoms with Crippen LogP contribution in [0.25, 0.3) is 0 Å². The van der Waals surface area contributed by atoms with E-state index in [0.29, 0.717) is 17.9 Å². The summed E-state index contributed by atoms with van der Waals surface area (Å²) >= 11 is 1.61. The molecule has 0 atom stereocenters. The predicted molar refractivity (Wildman–Crippen MR) is 71.5 cm³/mol. The third-order valence-corrected chi connectivity index (χ3v) is 3.36. The maximum Gasteiger partial charge on any atom is 0.251 e. The number of thiazole rings is 1. The average molecular weight is 262 g/mol. The Hall–Kier alpha value is -1.95. The van der Waals surface area contributed by atoms with Gasteiger partial charge in [0.2, 0.25) is 0 Å². The van der Waals surface area contributed by atoms with Gasteiger partial charge in [0.05, 0.1) is 5.01 Å². The maximum absolute atomic E-state index is 11.8. The number of aryl methyl sites for hydroxylation is 1. The third-order valence-electron chi connectivity index (χ3n) is 2.33. The van der Waals surface area contributed by atoms with E-state index in [1.807, 2.05) is 12.3 Å². The van der Waals surface area contributed by atoms with Crippen molar-refractivity contribution in [2.24, 2.45) is 0 Å². The molecule has 0 aliphatic heterocycles. The molecule has 2 rings (SSSR count). The minimum Gasteiger partial charge on any atom is -0.384 e. The lowest BCUT2D eigenvalue weighted by molar-refractivity contribution is 0.0954. The molecule has 6 heteroatoms. The van der Waals surface area contributed by atoms with Gasteiger partial charge in [-0.25, -0.2) is 9.97 Å². The van der Waals surface area contributed by atoms with Gasteiger partial charge in [0.15, 0.2) is 0 Å². The zero-order valence-electron chi connectivity index (χ0n) is 10.0. The predicted octanol–water partition coefficient (Wildman–Crippen LogP) is 1.40. The van der Waals surface area contributed by atoms with Crippen molar-refractivity contribution in [1.82, 2.24) is 15.3 Å². The Bertz CT molecular complexity index is 553. The first-order valence-electron chi connectivity index (χ1n) is 5.56. The quantitative estimate of drug-likeness (QED) is 0.872. The number of anilines is 1. The van der Waals surface area contributed by atoms with Crippen LogP contribution < -0.4 is 11.1 Å². The highest BCUT2D eigenvalue weighted by Crippen LogP contribution is 2.08. The van der Waals surface area contributed by atoms with E-state index >= 15 is 0 Å². The minimum absolute atomic E-state index is 0.141. The molecule has 18 heavy (non-hydrogen) atoms. The van der Waals surface area contributed by atoms with Crippen LogP contribution in [0.5, 0.6) is 0 Å². The molecule has 0 unspecified atom stereocenters. The van der Waals surface area contributed by atoms with Crippen molar-refractivity contribution >= 4 is 23.1 Å². The number of carbonyl (C=O) groups excluding carboxylic acids is 1. The highest BCUT2D eigenvalue weighted by molar-refractivity contribution is 7.09. The normalized spacial score (nSPS) is 10.3. The molecule has 0 radical (unpaired) electrons. The standard InChI is InChI=1S/C12H14N4OS/c1-8-7-18-11(16-8)3-5-15-12(17)9-2-4-14-10(13)6-9/h2,4,6-7H,3,5H2,1H3,(H2,13,14)(H,15,17). The van der Waals surface area contributed by atoms with Crippen LogP contribution in [0.15, 0.2) is 23.7 Å². The number of amides is 1. The van der Waals surface area contributed by atoms with Crippen molar-refractivity contribution in [1.29, 1.82) is 0 Å². The van der Waals surface area contributed by atoms with Crippen molar-refractivity contribution in [2.75, 3.05) is 12.3 Å². The Labute approximate surface area is 109 Å². The Kier molecular flexibility index (Phi) is 3.88. The van der Waals surface area contributed by atoms with E-state index < -0.39 is 0 Å².